The lowest BCUT2D eigenvalue weighted by molar-refractivity contribution is 0.281. The maximum atomic E-state index is 12.2. The summed E-state index contributed by atoms with van der Waals surface area (Å²) in [6.07, 6.45) is 3.12. The van der Waals surface area contributed by atoms with E-state index >= 15 is 0 Å². The summed E-state index contributed by atoms with van der Waals surface area (Å²) < 4.78 is 28.3. The van der Waals surface area contributed by atoms with E-state index < -0.39 is 10.0 Å². The van der Waals surface area contributed by atoms with Crippen LogP contribution in [-0.4, -0.2) is 35.1 Å². The predicted octanol–water partition coefficient (Wildman–Crippen LogP) is 1.06. The lowest BCUT2D eigenvalue weighted by Crippen LogP contribution is -2.28. The minimum absolute atomic E-state index is 0.00884. The van der Waals surface area contributed by atoms with Crippen molar-refractivity contribution in [1.29, 1.82) is 0 Å². The van der Waals surface area contributed by atoms with Gasteiger partial charge in [-0.25, -0.2) is 13.1 Å². The number of hydrogen-bond acceptors (Lipinski definition) is 5. The van der Waals surface area contributed by atoms with Crippen LogP contribution in [0.2, 0.25) is 10.0 Å². The van der Waals surface area contributed by atoms with Gasteiger partial charge in [0.2, 0.25) is 10.0 Å². The Kier molecular flexibility index (Phi) is 5.17. The molecule has 1 heterocycles. The van der Waals surface area contributed by atoms with Crippen LogP contribution >= 0.6 is 23.2 Å². The predicted molar refractivity (Wildman–Crippen MR) is 77.6 cm³/mol. The molecule has 0 saturated heterocycles. The molecule has 0 aliphatic heterocycles. The molecule has 1 aromatic heterocycles. The fourth-order valence-electron chi connectivity index (χ4n) is 1.62. The molecule has 0 bridgehead atoms. The summed E-state index contributed by atoms with van der Waals surface area (Å²) in [5, 5.41) is 16.7. The van der Waals surface area contributed by atoms with Crippen LogP contribution in [-0.2, 0) is 23.2 Å². The van der Waals surface area contributed by atoms with Gasteiger partial charge in [0.15, 0.2) is 0 Å². The average Bonchev–Trinajstić information content (AvgIpc) is 2.91. The van der Waals surface area contributed by atoms with E-state index in [-0.39, 0.29) is 33.7 Å². The smallest absolute Gasteiger partial charge is 0.242 e. The molecule has 2 N–H and O–H groups in total. The summed E-state index contributed by atoms with van der Waals surface area (Å²) in [7, 11) is -3.81. The van der Waals surface area contributed by atoms with E-state index in [1.165, 1.54) is 23.0 Å². The number of halogens is 2. The second kappa shape index (κ2) is 6.71. The number of aromatic nitrogens is 3. The summed E-state index contributed by atoms with van der Waals surface area (Å²) >= 11 is 11.8. The molecular weight excluding hydrogens is 339 g/mol. The molecule has 10 heteroatoms. The SMILES string of the molecule is O=S(=O)(NCCn1ccnn1)c1cc(CO)c(Cl)cc1Cl. The van der Waals surface area contributed by atoms with E-state index in [1.54, 1.807) is 6.20 Å². The average molecular weight is 351 g/mol. The molecule has 114 valence electrons. The van der Waals surface area contributed by atoms with Crippen molar-refractivity contribution in [2.45, 2.75) is 18.0 Å². The molecule has 0 spiro atoms. The van der Waals surface area contributed by atoms with Gasteiger partial charge >= 0.3 is 0 Å². The van der Waals surface area contributed by atoms with Gasteiger partial charge in [-0.15, -0.1) is 5.10 Å². The van der Waals surface area contributed by atoms with Crippen LogP contribution in [0, 0.1) is 0 Å². The van der Waals surface area contributed by atoms with E-state index in [2.05, 4.69) is 15.0 Å². The third-order valence-electron chi connectivity index (χ3n) is 2.67. The Morgan fingerprint density at radius 1 is 1.29 bits per heavy atom. The van der Waals surface area contributed by atoms with Crippen LogP contribution in [0.15, 0.2) is 29.4 Å². The van der Waals surface area contributed by atoms with Crippen LogP contribution < -0.4 is 4.72 Å². The van der Waals surface area contributed by atoms with Gasteiger partial charge in [-0.1, -0.05) is 28.4 Å². The Hall–Kier alpha value is -1.19. The van der Waals surface area contributed by atoms with Crippen molar-refractivity contribution < 1.29 is 13.5 Å². The minimum Gasteiger partial charge on any atom is -0.392 e. The van der Waals surface area contributed by atoms with Gasteiger partial charge in [0.25, 0.3) is 0 Å². The summed E-state index contributed by atoms with van der Waals surface area (Å²) in [5.41, 5.74) is 0.290. The maximum Gasteiger partial charge on any atom is 0.242 e. The van der Waals surface area contributed by atoms with Crippen molar-refractivity contribution >= 4 is 33.2 Å². The van der Waals surface area contributed by atoms with Crippen LogP contribution in [0.25, 0.3) is 0 Å². The second-order valence-electron chi connectivity index (χ2n) is 4.10. The zero-order valence-electron chi connectivity index (χ0n) is 10.7. The monoisotopic (exact) mass is 350 g/mol. The Morgan fingerprint density at radius 3 is 2.67 bits per heavy atom. The van der Waals surface area contributed by atoms with Crippen LogP contribution in [0.4, 0.5) is 0 Å². The lowest BCUT2D eigenvalue weighted by atomic mass is 10.2. The van der Waals surface area contributed by atoms with E-state index in [4.69, 9.17) is 28.3 Å². The number of hydrogen-bond donors (Lipinski definition) is 2. The molecule has 7 nitrogen and oxygen atoms in total. The molecular formula is C11H12Cl2N4O3S. The molecule has 2 rings (SSSR count). The van der Waals surface area contributed by atoms with Gasteiger partial charge in [0.1, 0.15) is 4.90 Å². The quantitative estimate of drug-likeness (QED) is 0.811. The minimum atomic E-state index is -3.81. The van der Waals surface area contributed by atoms with Crippen molar-refractivity contribution in [3.63, 3.8) is 0 Å². The Labute approximate surface area is 131 Å². The van der Waals surface area contributed by atoms with Gasteiger partial charge in [-0.3, -0.25) is 4.68 Å². The fourth-order valence-corrected chi connectivity index (χ4v) is 3.50. The fraction of sp³-hybridized carbons (Fsp3) is 0.273. The molecule has 0 atom stereocenters. The molecule has 0 fully saturated rings. The molecule has 1 aromatic carbocycles. The number of sulfonamides is 1. The largest absolute Gasteiger partial charge is 0.392 e. The molecule has 0 aliphatic rings. The first kappa shape index (κ1) is 16.2. The van der Waals surface area contributed by atoms with Crippen molar-refractivity contribution in [2.75, 3.05) is 6.54 Å². The number of nitrogens with one attached hydrogen (secondary N) is 1. The number of nitrogens with zero attached hydrogens (tertiary/aromatic N) is 3. The normalized spacial score (nSPS) is 11.8. The van der Waals surface area contributed by atoms with Gasteiger partial charge in [0.05, 0.1) is 24.4 Å². The molecule has 21 heavy (non-hydrogen) atoms. The topological polar surface area (TPSA) is 97.1 Å². The van der Waals surface area contributed by atoms with Crippen LogP contribution in [0.1, 0.15) is 5.56 Å². The summed E-state index contributed by atoms with van der Waals surface area (Å²) in [4.78, 5) is -0.129. The van der Waals surface area contributed by atoms with Gasteiger partial charge < -0.3 is 5.11 Å². The molecule has 0 amide bonds. The maximum absolute atomic E-state index is 12.2. The van der Waals surface area contributed by atoms with E-state index in [1.807, 2.05) is 0 Å². The Balaban J connectivity index is 2.15. The Morgan fingerprint density at radius 2 is 2.05 bits per heavy atom. The van der Waals surface area contributed by atoms with Crippen molar-refractivity contribution in [3.05, 3.63) is 40.1 Å². The molecule has 2 aromatic rings. The van der Waals surface area contributed by atoms with E-state index in [0.717, 1.165) is 0 Å². The number of rotatable bonds is 6. The highest BCUT2D eigenvalue weighted by atomic mass is 35.5. The highest BCUT2D eigenvalue weighted by molar-refractivity contribution is 7.89. The highest BCUT2D eigenvalue weighted by Gasteiger charge is 2.19. The van der Waals surface area contributed by atoms with Gasteiger partial charge in [-0.2, -0.15) is 0 Å². The molecule has 0 radical (unpaired) electrons. The van der Waals surface area contributed by atoms with E-state index in [9.17, 15) is 8.42 Å². The van der Waals surface area contributed by atoms with Gasteiger partial charge in [0, 0.05) is 17.8 Å². The van der Waals surface area contributed by atoms with Crippen LogP contribution in [0.3, 0.4) is 0 Å². The molecule has 0 saturated carbocycles. The van der Waals surface area contributed by atoms with Crippen molar-refractivity contribution in [3.8, 4) is 0 Å². The van der Waals surface area contributed by atoms with Crippen LogP contribution in [0.5, 0.6) is 0 Å². The second-order valence-corrected chi connectivity index (χ2v) is 6.65. The first-order valence-corrected chi connectivity index (χ1v) is 8.10. The van der Waals surface area contributed by atoms with E-state index in [0.29, 0.717) is 6.54 Å². The summed E-state index contributed by atoms with van der Waals surface area (Å²) in [5.74, 6) is 0. The molecule has 0 unspecified atom stereocenters. The van der Waals surface area contributed by atoms with Crippen molar-refractivity contribution in [1.82, 2.24) is 19.7 Å². The lowest BCUT2D eigenvalue weighted by Gasteiger charge is -2.10. The van der Waals surface area contributed by atoms with Crippen molar-refractivity contribution in [2.24, 2.45) is 0 Å². The molecule has 0 aliphatic carbocycles. The number of aliphatic hydroxyl groups is 1. The third-order valence-corrected chi connectivity index (χ3v) is 4.94. The third kappa shape index (κ3) is 3.92. The first-order valence-electron chi connectivity index (χ1n) is 5.86. The summed E-state index contributed by atoms with van der Waals surface area (Å²) in [6.45, 7) is 0.0773. The number of benzene rings is 1. The zero-order chi connectivity index (χ0) is 15.5. The van der Waals surface area contributed by atoms with Gasteiger partial charge in [-0.05, 0) is 17.7 Å². The summed E-state index contributed by atoms with van der Waals surface area (Å²) in [6, 6.07) is 2.54. The standard InChI is InChI=1S/C11H12Cl2N4O3S/c12-9-6-10(13)11(5-8(9)7-18)21(19,20)15-2-4-17-3-1-14-16-17/h1,3,5-6,15,18H,2,4,7H2. The highest BCUT2D eigenvalue weighted by Crippen LogP contribution is 2.28. The Bertz CT molecular complexity index is 719. The number of aliphatic hydroxyl groups excluding tert-OH is 1. The first-order chi connectivity index (χ1) is 9.94. The zero-order valence-corrected chi connectivity index (χ0v) is 13.0.